The van der Waals surface area contributed by atoms with Crippen molar-refractivity contribution in [2.45, 2.75) is 6.92 Å². The first-order chi connectivity index (χ1) is 10.9. The smallest absolute Gasteiger partial charge is 0.335 e. The van der Waals surface area contributed by atoms with Crippen molar-refractivity contribution in [3.8, 4) is 0 Å². The van der Waals surface area contributed by atoms with Gasteiger partial charge in [0.25, 0.3) is 5.56 Å². The van der Waals surface area contributed by atoms with Crippen LogP contribution in [0.1, 0.15) is 16.1 Å². The van der Waals surface area contributed by atoms with Crippen LogP contribution in [0.4, 0.5) is 17.5 Å². The van der Waals surface area contributed by atoms with Crippen LogP contribution in [0.15, 0.2) is 29.1 Å². The molecule has 9 nitrogen and oxygen atoms in total. The number of nitrogens with one attached hydrogen (secondary N) is 2. The predicted molar refractivity (Wildman–Crippen MR) is 83.8 cm³/mol. The number of hydrogen-bond donors (Lipinski definition) is 4. The van der Waals surface area contributed by atoms with E-state index in [0.717, 1.165) is 0 Å². The Kier molecular flexibility index (Phi) is 3.37. The van der Waals surface area contributed by atoms with E-state index in [0.29, 0.717) is 17.2 Å². The number of benzene rings is 1. The highest BCUT2D eigenvalue weighted by Crippen LogP contribution is 2.19. The Labute approximate surface area is 129 Å². The van der Waals surface area contributed by atoms with E-state index in [2.05, 4.69) is 25.3 Å². The summed E-state index contributed by atoms with van der Waals surface area (Å²) >= 11 is 0. The summed E-state index contributed by atoms with van der Waals surface area (Å²) < 4.78 is 0. The molecule has 5 N–H and O–H groups in total. The van der Waals surface area contributed by atoms with Gasteiger partial charge in [0.15, 0.2) is 17.0 Å². The van der Waals surface area contributed by atoms with Crippen LogP contribution in [0.5, 0.6) is 0 Å². The second kappa shape index (κ2) is 5.37. The van der Waals surface area contributed by atoms with Crippen molar-refractivity contribution in [1.29, 1.82) is 0 Å². The molecule has 0 spiro atoms. The maximum Gasteiger partial charge on any atom is 0.335 e. The fourth-order valence-electron chi connectivity index (χ4n) is 2.01. The van der Waals surface area contributed by atoms with Gasteiger partial charge in [-0.2, -0.15) is 4.98 Å². The third-order valence-corrected chi connectivity index (χ3v) is 3.13. The van der Waals surface area contributed by atoms with Crippen LogP contribution in [-0.4, -0.2) is 31.0 Å². The molecule has 9 heteroatoms. The lowest BCUT2D eigenvalue weighted by Gasteiger charge is -2.09. The summed E-state index contributed by atoms with van der Waals surface area (Å²) in [4.78, 5) is 37.4. The zero-order valence-electron chi connectivity index (χ0n) is 12.0. The van der Waals surface area contributed by atoms with E-state index in [1.807, 2.05) is 0 Å². The molecule has 2 heterocycles. The molecule has 23 heavy (non-hydrogen) atoms. The summed E-state index contributed by atoms with van der Waals surface area (Å²) in [5.41, 5.74) is 6.54. The third kappa shape index (κ3) is 2.79. The normalized spacial score (nSPS) is 10.7. The number of aryl methyl sites for hydroxylation is 1. The molecule has 3 rings (SSSR count). The molecule has 0 aliphatic heterocycles. The van der Waals surface area contributed by atoms with Gasteiger partial charge < -0.3 is 16.2 Å². The fourth-order valence-corrected chi connectivity index (χ4v) is 2.01. The van der Waals surface area contributed by atoms with Gasteiger partial charge in [-0.05, 0) is 31.2 Å². The molecule has 0 aliphatic carbocycles. The predicted octanol–water partition coefficient (Wildman–Crippen LogP) is 1.05. The third-order valence-electron chi connectivity index (χ3n) is 3.13. The van der Waals surface area contributed by atoms with Gasteiger partial charge in [-0.1, -0.05) is 0 Å². The van der Waals surface area contributed by atoms with E-state index in [1.165, 1.54) is 12.1 Å². The Morgan fingerprint density at radius 2 is 1.91 bits per heavy atom. The maximum atomic E-state index is 11.9. The molecule has 0 saturated carbocycles. The maximum absolute atomic E-state index is 11.9. The molecule has 2 aromatic heterocycles. The van der Waals surface area contributed by atoms with Crippen LogP contribution >= 0.6 is 0 Å². The molecule has 0 bridgehead atoms. The lowest BCUT2D eigenvalue weighted by molar-refractivity contribution is 0.0697. The number of H-pyrrole nitrogens is 1. The Hall–Kier alpha value is -3.49. The molecular weight excluding hydrogens is 300 g/mol. The number of aromatic nitrogens is 4. The number of nitrogens with zero attached hydrogens (tertiary/aromatic N) is 3. The van der Waals surface area contributed by atoms with E-state index in [4.69, 9.17) is 10.8 Å². The van der Waals surface area contributed by atoms with Crippen molar-refractivity contribution in [1.82, 2.24) is 19.9 Å². The second-order valence-corrected chi connectivity index (χ2v) is 4.79. The van der Waals surface area contributed by atoms with Gasteiger partial charge in [-0.15, -0.1) is 0 Å². The number of hydrogen-bond acceptors (Lipinski definition) is 7. The van der Waals surface area contributed by atoms with Crippen molar-refractivity contribution in [3.05, 3.63) is 45.9 Å². The molecule has 0 unspecified atom stereocenters. The number of fused-ring (bicyclic) bond motifs is 1. The SMILES string of the molecule is Cc1nc2nc(N)[nH]c(=O)c2nc1Nc1ccc(C(=O)O)cc1. The number of anilines is 3. The quantitative estimate of drug-likeness (QED) is 0.561. The number of aromatic carboxylic acids is 1. The number of carboxylic acids is 1. The minimum Gasteiger partial charge on any atom is -0.478 e. The molecule has 0 atom stereocenters. The van der Waals surface area contributed by atoms with E-state index in [-0.39, 0.29) is 22.7 Å². The van der Waals surface area contributed by atoms with Gasteiger partial charge in [0.2, 0.25) is 5.95 Å². The van der Waals surface area contributed by atoms with Crippen molar-refractivity contribution in [2.75, 3.05) is 11.1 Å². The summed E-state index contributed by atoms with van der Waals surface area (Å²) in [5.74, 6) is -0.660. The zero-order chi connectivity index (χ0) is 16.6. The van der Waals surface area contributed by atoms with E-state index in [9.17, 15) is 9.59 Å². The average Bonchev–Trinajstić information content (AvgIpc) is 2.49. The highest BCUT2D eigenvalue weighted by atomic mass is 16.4. The minimum atomic E-state index is -1.01. The number of aromatic amines is 1. The molecule has 0 saturated heterocycles. The largest absolute Gasteiger partial charge is 0.478 e. The monoisotopic (exact) mass is 312 g/mol. The minimum absolute atomic E-state index is 0.0267. The van der Waals surface area contributed by atoms with Crippen molar-refractivity contribution in [2.24, 2.45) is 0 Å². The van der Waals surface area contributed by atoms with Gasteiger partial charge in [-0.25, -0.2) is 14.8 Å². The molecular formula is C14H12N6O3. The molecule has 0 radical (unpaired) electrons. The molecule has 0 amide bonds. The standard InChI is InChI=1S/C14H12N6O3/c1-6-10(17-8-4-2-7(3-5-8)13(22)23)18-9-11(16-6)19-14(15)20-12(9)21/h2-5H,1H3,(H,17,18)(H,22,23)(H3,15,16,19,20,21). The molecule has 116 valence electrons. The van der Waals surface area contributed by atoms with Crippen LogP contribution in [0.3, 0.4) is 0 Å². The van der Waals surface area contributed by atoms with Gasteiger partial charge in [-0.3, -0.25) is 9.78 Å². The number of nitrogen functional groups attached to an aromatic ring is 1. The lowest BCUT2D eigenvalue weighted by Crippen LogP contribution is -2.15. The van der Waals surface area contributed by atoms with Gasteiger partial charge in [0, 0.05) is 5.69 Å². The lowest BCUT2D eigenvalue weighted by atomic mass is 10.2. The van der Waals surface area contributed by atoms with Crippen LogP contribution in [0.25, 0.3) is 11.2 Å². The Morgan fingerprint density at radius 1 is 1.22 bits per heavy atom. The Bertz CT molecular complexity index is 965. The highest BCUT2D eigenvalue weighted by Gasteiger charge is 2.11. The molecule has 3 aromatic rings. The van der Waals surface area contributed by atoms with E-state index < -0.39 is 11.5 Å². The van der Waals surface area contributed by atoms with Crippen molar-refractivity contribution >= 4 is 34.6 Å². The number of nitrogens with two attached hydrogens (primary N) is 1. The van der Waals surface area contributed by atoms with Gasteiger partial charge >= 0.3 is 5.97 Å². The summed E-state index contributed by atoms with van der Waals surface area (Å²) in [7, 11) is 0. The first-order valence-corrected chi connectivity index (χ1v) is 6.58. The van der Waals surface area contributed by atoms with Crippen LogP contribution in [-0.2, 0) is 0 Å². The van der Waals surface area contributed by atoms with Crippen LogP contribution in [0.2, 0.25) is 0 Å². The summed E-state index contributed by atoms with van der Waals surface area (Å²) in [6.07, 6.45) is 0. The van der Waals surface area contributed by atoms with Crippen LogP contribution in [0, 0.1) is 6.92 Å². The molecule has 1 aromatic carbocycles. The second-order valence-electron chi connectivity index (χ2n) is 4.79. The summed E-state index contributed by atoms with van der Waals surface area (Å²) in [6, 6.07) is 6.12. The van der Waals surface area contributed by atoms with Crippen molar-refractivity contribution in [3.63, 3.8) is 0 Å². The first kappa shape index (κ1) is 14.4. The average molecular weight is 312 g/mol. The van der Waals surface area contributed by atoms with E-state index >= 15 is 0 Å². The first-order valence-electron chi connectivity index (χ1n) is 6.58. The highest BCUT2D eigenvalue weighted by molar-refractivity contribution is 5.88. The van der Waals surface area contributed by atoms with Crippen LogP contribution < -0.4 is 16.6 Å². The number of rotatable bonds is 3. The number of carboxylic acid groups (broad SMARTS) is 1. The topological polar surface area (TPSA) is 147 Å². The van der Waals surface area contributed by atoms with Gasteiger partial charge in [0.1, 0.15) is 0 Å². The van der Waals surface area contributed by atoms with Gasteiger partial charge in [0.05, 0.1) is 11.3 Å². The summed E-state index contributed by atoms with van der Waals surface area (Å²) in [6.45, 7) is 1.71. The zero-order valence-corrected chi connectivity index (χ0v) is 12.0. The number of carbonyl (C=O) groups is 1. The molecule has 0 fully saturated rings. The fraction of sp³-hybridized carbons (Fsp3) is 0.0714. The Balaban J connectivity index is 2.01. The van der Waals surface area contributed by atoms with Crippen molar-refractivity contribution < 1.29 is 9.90 Å². The Morgan fingerprint density at radius 3 is 2.57 bits per heavy atom. The molecule has 0 aliphatic rings. The van der Waals surface area contributed by atoms with E-state index in [1.54, 1.807) is 19.1 Å². The summed E-state index contributed by atoms with van der Waals surface area (Å²) in [5, 5.41) is 11.9.